The molecule has 140 valence electrons. The van der Waals surface area contributed by atoms with Gasteiger partial charge in [-0.2, -0.15) is 4.57 Å². The third kappa shape index (κ3) is 3.98. The molecular weight excluding hydrogens is 332 g/mol. The molecular formula is C20H27N2O4+. The van der Waals surface area contributed by atoms with Crippen molar-refractivity contribution in [3.05, 3.63) is 36.2 Å². The van der Waals surface area contributed by atoms with Crippen LogP contribution in [-0.4, -0.2) is 52.2 Å². The number of pyridine rings is 1. The highest BCUT2D eigenvalue weighted by molar-refractivity contribution is 6.10. The first-order valence-electron chi connectivity index (χ1n) is 8.88. The van der Waals surface area contributed by atoms with Crippen molar-refractivity contribution in [2.24, 2.45) is 0 Å². The number of aromatic amines is 1. The number of hydrogen-bond donors (Lipinski definition) is 1. The summed E-state index contributed by atoms with van der Waals surface area (Å²) in [5.41, 5.74) is 3.39. The zero-order valence-corrected chi connectivity index (χ0v) is 15.7. The summed E-state index contributed by atoms with van der Waals surface area (Å²) in [4.78, 5) is 3.52. The summed E-state index contributed by atoms with van der Waals surface area (Å²) in [6.45, 7) is 5.86. The van der Waals surface area contributed by atoms with Gasteiger partial charge in [-0.1, -0.05) is 18.2 Å². The van der Waals surface area contributed by atoms with E-state index < -0.39 is 0 Å². The van der Waals surface area contributed by atoms with Crippen LogP contribution in [0.25, 0.3) is 21.8 Å². The lowest BCUT2D eigenvalue weighted by atomic mass is 10.1. The van der Waals surface area contributed by atoms with Crippen molar-refractivity contribution < 1.29 is 23.5 Å². The molecule has 0 fully saturated rings. The molecule has 0 atom stereocenters. The van der Waals surface area contributed by atoms with Crippen LogP contribution in [0.1, 0.15) is 5.69 Å². The van der Waals surface area contributed by atoms with Crippen molar-refractivity contribution in [1.29, 1.82) is 0 Å². The monoisotopic (exact) mass is 359 g/mol. The third-order valence-corrected chi connectivity index (χ3v) is 4.52. The largest absolute Gasteiger partial charge is 0.490 e. The Labute approximate surface area is 153 Å². The summed E-state index contributed by atoms with van der Waals surface area (Å²) >= 11 is 0. The van der Waals surface area contributed by atoms with E-state index in [1.807, 2.05) is 12.1 Å². The molecule has 2 heterocycles. The predicted octanol–water partition coefficient (Wildman–Crippen LogP) is 2.61. The maximum Gasteiger partial charge on any atom is 0.212 e. The molecule has 0 aliphatic heterocycles. The summed E-state index contributed by atoms with van der Waals surface area (Å²) in [6, 6.07) is 8.29. The quantitative estimate of drug-likeness (QED) is 0.447. The second-order valence-corrected chi connectivity index (χ2v) is 6.11. The van der Waals surface area contributed by atoms with Crippen LogP contribution in [0.4, 0.5) is 0 Å². The van der Waals surface area contributed by atoms with E-state index in [4.69, 9.17) is 18.9 Å². The minimum absolute atomic E-state index is 0.578. The fourth-order valence-electron chi connectivity index (χ4n) is 3.13. The van der Waals surface area contributed by atoms with E-state index in [-0.39, 0.29) is 0 Å². The van der Waals surface area contributed by atoms with Crippen LogP contribution in [0, 0.1) is 6.92 Å². The van der Waals surface area contributed by atoms with E-state index in [0.717, 1.165) is 34.4 Å². The first-order chi connectivity index (χ1) is 12.8. The van der Waals surface area contributed by atoms with Crippen molar-refractivity contribution >= 4 is 21.8 Å². The van der Waals surface area contributed by atoms with Gasteiger partial charge in [0.25, 0.3) is 0 Å². The van der Waals surface area contributed by atoms with E-state index in [1.165, 1.54) is 5.39 Å². The van der Waals surface area contributed by atoms with Crippen LogP contribution in [0.15, 0.2) is 30.5 Å². The number of nitrogens with zero attached hydrogens (tertiary/aromatic N) is 1. The molecule has 0 bridgehead atoms. The summed E-state index contributed by atoms with van der Waals surface area (Å²) in [7, 11) is 3.38. The van der Waals surface area contributed by atoms with Gasteiger partial charge in [-0.15, -0.1) is 0 Å². The number of para-hydroxylation sites is 1. The molecule has 3 aromatic rings. The molecule has 1 aromatic carbocycles. The third-order valence-electron chi connectivity index (χ3n) is 4.52. The fraction of sp³-hybridized carbons (Fsp3) is 0.450. The van der Waals surface area contributed by atoms with Crippen LogP contribution in [0.5, 0.6) is 5.75 Å². The molecule has 3 rings (SSSR count). The minimum atomic E-state index is 0.578. The maximum absolute atomic E-state index is 5.68. The smallest absolute Gasteiger partial charge is 0.212 e. The van der Waals surface area contributed by atoms with Gasteiger partial charge in [0, 0.05) is 24.9 Å². The zero-order valence-electron chi connectivity index (χ0n) is 15.7. The number of nitrogens with one attached hydrogen (secondary N) is 1. The average molecular weight is 359 g/mol. The van der Waals surface area contributed by atoms with E-state index >= 15 is 0 Å². The Kier molecular flexibility index (Phi) is 6.44. The van der Waals surface area contributed by atoms with Crippen molar-refractivity contribution in [2.45, 2.75) is 13.5 Å². The number of ether oxygens (including phenoxy) is 4. The highest BCUT2D eigenvalue weighted by Crippen LogP contribution is 2.32. The van der Waals surface area contributed by atoms with Gasteiger partial charge in [0.15, 0.2) is 12.3 Å². The molecule has 1 N–H and O–H groups in total. The van der Waals surface area contributed by atoms with E-state index in [2.05, 4.69) is 34.8 Å². The highest BCUT2D eigenvalue weighted by atomic mass is 16.5. The molecule has 6 heteroatoms. The SMILES string of the molecule is COCCOCCOCC[n+]1cc(OC)c2c([nH]c3ccccc32)c1C. The number of hydrogen-bond acceptors (Lipinski definition) is 4. The number of rotatable bonds is 10. The number of benzene rings is 1. The number of methoxy groups -OCH3 is 2. The van der Waals surface area contributed by atoms with Gasteiger partial charge < -0.3 is 23.9 Å². The van der Waals surface area contributed by atoms with Crippen molar-refractivity contribution in [3.8, 4) is 5.75 Å². The molecule has 26 heavy (non-hydrogen) atoms. The molecule has 6 nitrogen and oxygen atoms in total. The highest BCUT2D eigenvalue weighted by Gasteiger charge is 2.20. The lowest BCUT2D eigenvalue weighted by molar-refractivity contribution is -0.703. The molecule has 0 radical (unpaired) electrons. The van der Waals surface area contributed by atoms with Crippen molar-refractivity contribution in [2.75, 3.05) is 47.3 Å². The number of fused-ring (bicyclic) bond motifs is 3. The number of aryl methyl sites for hydroxylation is 1. The van der Waals surface area contributed by atoms with Crippen molar-refractivity contribution in [3.63, 3.8) is 0 Å². The molecule has 0 unspecified atom stereocenters. The minimum Gasteiger partial charge on any atom is -0.490 e. The van der Waals surface area contributed by atoms with Gasteiger partial charge in [0.2, 0.25) is 11.9 Å². The first-order valence-corrected chi connectivity index (χ1v) is 8.88. The Hall–Kier alpha value is -2.15. The lowest BCUT2D eigenvalue weighted by Gasteiger charge is -2.07. The van der Waals surface area contributed by atoms with E-state index in [0.29, 0.717) is 33.0 Å². The normalized spacial score (nSPS) is 11.5. The average Bonchev–Trinajstić information content (AvgIpc) is 3.06. The van der Waals surface area contributed by atoms with Gasteiger partial charge >= 0.3 is 0 Å². The van der Waals surface area contributed by atoms with Crippen LogP contribution in [0.2, 0.25) is 0 Å². The molecule has 0 amide bonds. The maximum atomic E-state index is 5.68. The standard InChI is InChI=1S/C20H26N2O4/c1-15-20-19(16-6-4-5-7-17(16)21-20)18(24-3)14-22(15)8-9-25-12-13-26-11-10-23-2/h4-7,14H,8-13H2,1-3H3/p+1. The Balaban J connectivity index is 1.69. The van der Waals surface area contributed by atoms with Crippen LogP contribution >= 0.6 is 0 Å². The predicted molar refractivity (Wildman–Crippen MR) is 101 cm³/mol. The molecule has 0 saturated carbocycles. The van der Waals surface area contributed by atoms with E-state index in [1.54, 1.807) is 14.2 Å². The van der Waals surface area contributed by atoms with Gasteiger partial charge in [0.1, 0.15) is 12.1 Å². The summed E-state index contributed by atoms with van der Waals surface area (Å²) in [6.07, 6.45) is 2.05. The Morgan fingerprint density at radius 2 is 1.69 bits per heavy atom. The zero-order chi connectivity index (χ0) is 18.4. The van der Waals surface area contributed by atoms with Crippen LogP contribution < -0.4 is 9.30 Å². The summed E-state index contributed by atoms with van der Waals surface area (Å²) in [5, 5.41) is 2.31. The van der Waals surface area contributed by atoms with Gasteiger partial charge in [-0.05, 0) is 6.07 Å². The molecule has 0 saturated heterocycles. The van der Waals surface area contributed by atoms with Gasteiger partial charge in [0.05, 0.1) is 38.9 Å². The summed E-state index contributed by atoms with van der Waals surface area (Å²) in [5.74, 6) is 0.867. The van der Waals surface area contributed by atoms with Crippen LogP contribution in [0.3, 0.4) is 0 Å². The topological polar surface area (TPSA) is 56.6 Å². The van der Waals surface area contributed by atoms with Crippen molar-refractivity contribution in [1.82, 2.24) is 4.98 Å². The Morgan fingerprint density at radius 3 is 2.46 bits per heavy atom. The van der Waals surface area contributed by atoms with Crippen LogP contribution in [-0.2, 0) is 20.8 Å². The van der Waals surface area contributed by atoms with E-state index in [9.17, 15) is 0 Å². The van der Waals surface area contributed by atoms with Gasteiger partial charge in [-0.25, -0.2) is 0 Å². The van der Waals surface area contributed by atoms with Gasteiger partial charge in [-0.3, -0.25) is 0 Å². The lowest BCUT2D eigenvalue weighted by Crippen LogP contribution is -2.39. The first kappa shape index (κ1) is 18.6. The molecule has 0 spiro atoms. The second kappa shape index (κ2) is 8.98. The fourth-order valence-corrected chi connectivity index (χ4v) is 3.13. The number of aromatic nitrogens is 2. The Morgan fingerprint density at radius 1 is 0.962 bits per heavy atom. The Bertz CT molecular complexity index is 860. The molecule has 0 aliphatic rings. The number of H-pyrrole nitrogens is 1. The molecule has 2 aromatic heterocycles. The summed E-state index contributed by atoms with van der Waals surface area (Å²) < 4.78 is 23.8. The second-order valence-electron chi connectivity index (χ2n) is 6.11. The molecule has 0 aliphatic carbocycles.